The van der Waals surface area contributed by atoms with Crippen molar-refractivity contribution in [3.63, 3.8) is 0 Å². The van der Waals surface area contributed by atoms with Crippen LogP contribution in [0.15, 0.2) is 12.4 Å². The number of nitrogen functional groups attached to an aromatic ring is 1. The first-order valence-corrected chi connectivity index (χ1v) is 5.68. The molecule has 0 atom stereocenters. The van der Waals surface area contributed by atoms with E-state index in [-0.39, 0.29) is 0 Å². The van der Waals surface area contributed by atoms with E-state index in [1.807, 2.05) is 6.92 Å². The number of hydrogen-bond acceptors (Lipinski definition) is 5. The lowest BCUT2D eigenvalue weighted by molar-refractivity contribution is 0.899. The Morgan fingerprint density at radius 3 is 2.59 bits per heavy atom. The van der Waals surface area contributed by atoms with Crippen molar-refractivity contribution in [1.29, 1.82) is 0 Å². The summed E-state index contributed by atoms with van der Waals surface area (Å²) in [6.07, 6.45) is 6.58. The first-order chi connectivity index (χ1) is 8.24. The molecule has 5 nitrogen and oxygen atoms in total. The van der Waals surface area contributed by atoms with E-state index in [0.29, 0.717) is 17.5 Å². The first kappa shape index (κ1) is 10.1. The molecular formula is C12H13N5. The number of nitrogens with zero attached hydrogens (tertiary/aromatic N) is 4. The Morgan fingerprint density at radius 2 is 1.82 bits per heavy atom. The van der Waals surface area contributed by atoms with Gasteiger partial charge in [-0.2, -0.15) is 0 Å². The van der Waals surface area contributed by atoms with E-state index < -0.39 is 0 Å². The summed E-state index contributed by atoms with van der Waals surface area (Å²) in [5, 5.41) is 0. The molecule has 1 aliphatic carbocycles. The van der Waals surface area contributed by atoms with E-state index in [4.69, 9.17) is 5.73 Å². The number of aryl methyl sites for hydroxylation is 2. The smallest absolute Gasteiger partial charge is 0.199 e. The molecule has 0 radical (unpaired) electrons. The van der Waals surface area contributed by atoms with Gasteiger partial charge in [0.05, 0.1) is 0 Å². The number of rotatable bonds is 1. The van der Waals surface area contributed by atoms with Crippen LogP contribution < -0.4 is 5.73 Å². The van der Waals surface area contributed by atoms with Gasteiger partial charge in [-0.3, -0.25) is 0 Å². The molecule has 0 aliphatic heterocycles. The highest BCUT2D eigenvalue weighted by Gasteiger charge is 2.18. The van der Waals surface area contributed by atoms with E-state index in [2.05, 4.69) is 19.9 Å². The largest absolute Gasteiger partial charge is 0.383 e. The molecule has 86 valence electrons. The fraction of sp³-hybridized carbons (Fsp3) is 0.333. The normalized spacial score (nSPS) is 13.7. The minimum absolute atomic E-state index is 0.531. The van der Waals surface area contributed by atoms with Crippen LogP contribution in [0.2, 0.25) is 0 Å². The molecule has 2 heterocycles. The summed E-state index contributed by atoms with van der Waals surface area (Å²) in [6, 6.07) is 0. The molecule has 0 aromatic carbocycles. The lowest BCUT2D eigenvalue weighted by Gasteiger charge is -2.05. The standard InChI is InChI=1S/C12H13N5/c1-7-5-14-11(15-6-7)12-16-9-4-2-3-8(9)10(13)17-12/h5-6H,2-4H2,1H3,(H2,13,16,17). The van der Waals surface area contributed by atoms with Crippen LogP contribution in [0.25, 0.3) is 11.6 Å². The molecule has 17 heavy (non-hydrogen) atoms. The molecule has 5 heteroatoms. The van der Waals surface area contributed by atoms with Crippen molar-refractivity contribution in [1.82, 2.24) is 19.9 Å². The number of hydrogen-bond donors (Lipinski definition) is 1. The van der Waals surface area contributed by atoms with Gasteiger partial charge < -0.3 is 5.73 Å². The quantitative estimate of drug-likeness (QED) is 0.794. The highest BCUT2D eigenvalue weighted by atomic mass is 15.0. The molecule has 0 bridgehead atoms. The van der Waals surface area contributed by atoms with E-state index in [9.17, 15) is 0 Å². The summed E-state index contributed by atoms with van der Waals surface area (Å²) in [7, 11) is 0. The zero-order chi connectivity index (χ0) is 11.8. The van der Waals surface area contributed by atoms with Crippen LogP contribution in [0.1, 0.15) is 23.2 Å². The Hall–Kier alpha value is -2.04. The Morgan fingerprint density at radius 1 is 1.06 bits per heavy atom. The van der Waals surface area contributed by atoms with Gasteiger partial charge in [0.15, 0.2) is 11.6 Å². The van der Waals surface area contributed by atoms with Crippen LogP contribution in [0.4, 0.5) is 5.82 Å². The fourth-order valence-corrected chi connectivity index (χ4v) is 2.07. The Bertz CT molecular complexity index is 562. The van der Waals surface area contributed by atoms with Crippen molar-refractivity contribution in [2.24, 2.45) is 0 Å². The van der Waals surface area contributed by atoms with E-state index in [1.165, 1.54) is 0 Å². The molecule has 3 rings (SSSR count). The average molecular weight is 227 g/mol. The van der Waals surface area contributed by atoms with Crippen LogP contribution in [-0.4, -0.2) is 19.9 Å². The molecule has 0 spiro atoms. The van der Waals surface area contributed by atoms with Crippen LogP contribution in [0, 0.1) is 6.92 Å². The van der Waals surface area contributed by atoms with E-state index >= 15 is 0 Å². The highest BCUT2D eigenvalue weighted by Crippen LogP contribution is 2.26. The number of anilines is 1. The summed E-state index contributed by atoms with van der Waals surface area (Å²) >= 11 is 0. The molecule has 0 fully saturated rings. The molecule has 2 N–H and O–H groups in total. The third-order valence-electron chi connectivity index (χ3n) is 2.95. The van der Waals surface area contributed by atoms with Gasteiger partial charge >= 0.3 is 0 Å². The Balaban J connectivity index is 2.10. The van der Waals surface area contributed by atoms with Crippen LogP contribution >= 0.6 is 0 Å². The minimum atomic E-state index is 0.531. The van der Waals surface area contributed by atoms with Gasteiger partial charge in [0.25, 0.3) is 0 Å². The van der Waals surface area contributed by atoms with Crippen molar-refractivity contribution in [2.45, 2.75) is 26.2 Å². The van der Waals surface area contributed by atoms with Gasteiger partial charge in [-0.25, -0.2) is 19.9 Å². The SMILES string of the molecule is Cc1cnc(-c2nc(N)c3c(n2)CCC3)nc1. The minimum Gasteiger partial charge on any atom is -0.383 e. The third kappa shape index (κ3) is 1.73. The van der Waals surface area contributed by atoms with Gasteiger partial charge in [0.1, 0.15) is 5.82 Å². The Labute approximate surface area is 99.2 Å². The molecule has 0 saturated carbocycles. The van der Waals surface area contributed by atoms with Crippen molar-refractivity contribution in [3.8, 4) is 11.6 Å². The van der Waals surface area contributed by atoms with Gasteiger partial charge in [0.2, 0.25) is 0 Å². The molecule has 2 aromatic rings. The second kappa shape index (κ2) is 3.76. The fourth-order valence-electron chi connectivity index (χ4n) is 2.07. The predicted molar refractivity (Wildman–Crippen MR) is 64.2 cm³/mol. The van der Waals surface area contributed by atoms with Gasteiger partial charge in [0, 0.05) is 23.7 Å². The Kier molecular flexibility index (Phi) is 2.24. The molecule has 1 aliphatic rings. The summed E-state index contributed by atoms with van der Waals surface area (Å²) in [6.45, 7) is 1.95. The molecule has 2 aromatic heterocycles. The highest BCUT2D eigenvalue weighted by molar-refractivity contribution is 5.53. The number of fused-ring (bicyclic) bond motifs is 1. The topological polar surface area (TPSA) is 77.6 Å². The maximum absolute atomic E-state index is 5.93. The molecule has 0 amide bonds. The van der Waals surface area contributed by atoms with Crippen molar-refractivity contribution in [3.05, 3.63) is 29.2 Å². The number of nitrogens with two attached hydrogens (primary N) is 1. The maximum Gasteiger partial charge on any atom is 0.199 e. The van der Waals surface area contributed by atoms with E-state index in [1.54, 1.807) is 12.4 Å². The van der Waals surface area contributed by atoms with Crippen LogP contribution in [-0.2, 0) is 12.8 Å². The van der Waals surface area contributed by atoms with Crippen LogP contribution in [0.5, 0.6) is 0 Å². The molecule has 0 saturated heterocycles. The van der Waals surface area contributed by atoms with Gasteiger partial charge in [-0.15, -0.1) is 0 Å². The van der Waals surface area contributed by atoms with Crippen molar-refractivity contribution in [2.75, 3.05) is 5.73 Å². The number of aromatic nitrogens is 4. The van der Waals surface area contributed by atoms with Gasteiger partial charge in [-0.1, -0.05) is 0 Å². The first-order valence-electron chi connectivity index (χ1n) is 5.68. The third-order valence-corrected chi connectivity index (χ3v) is 2.95. The van der Waals surface area contributed by atoms with E-state index in [0.717, 1.165) is 36.1 Å². The zero-order valence-electron chi connectivity index (χ0n) is 9.64. The molecule has 0 unspecified atom stereocenters. The molecular weight excluding hydrogens is 214 g/mol. The second-order valence-corrected chi connectivity index (χ2v) is 4.30. The monoisotopic (exact) mass is 227 g/mol. The second-order valence-electron chi connectivity index (χ2n) is 4.30. The lowest BCUT2D eigenvalue weighted by Crippen LogP contribution is -2.04. The lowest BCUT2D eigenvalue weighted by atomic mass is 10.2. The summed E-state index contributed by atoms with van der Waals surface area (Å²) in [5.41, 5.74) is 9.10. The average Bonchev–Trinajstić information content (AvgIpc) is 2.78. The maximum atomic E-state index is 5.93. The zero-order valence-corrected chi connectivity index (χ0v) is 9.64. The summed E-state index contributed by atoms with van der Waals surface area (Å²) in [5.74, 6) is 1.65. The van der Waals surface area contributed by atoms with Crippen molar-refractivity contribution < 1.29 is 0 Å². The van der Waals surface area contributed by atoms with Gasteiger partial charge in [-0.05, 0) is 31.7 Å². The van der Waals surface area contributed by atoms with Crippen molar-refractivity contribution >= 4 is 5.82 Å². The summed E-state index contributed by atoms with van der Waals surface area (Å²) < 4.78 is 0. The summed E-state index contributed by atoms with van der Waals surface area (Å²) in [4.78, 5) is 17.2. The van der Waals surface area contributed by atoms with Crippen LogP contribution in [0.3, 0.4) is 0 Å². The predicted octanol–water partition coefficient (Wildman–Crippen LogP) is 1.31.